The highest BCUT2D eigenvalue weighted by atomic mass is 32.2. The third-order valence-electron chi connectivity index (χ3n) is 7.71. The lowest BCUT2D eigenvalue weighted by molar-refractivity contribution is -0.123. The van der Waals surface area contributed by atoms with Crippen LogP contribution >= 0.6 is 22.7 Å². The van der Waals surface area contributed by atoms with Crippen molar-refractivity contribution in [3.05, 3.63) is 117 Å². The van der Waals surface area contributed by atoms with Gasteiger partial charge in [0.15, 0.2) is 0 Å². The van der Waals surface area contributed by atoms with Gasteiger partial charge in [-0.15, -0.1) is 22.7 Å². The average molecular weight is 693 g/mol. The van der Waals surface area contributed by atoms with E-state index in [1.807, 2.05) is 60.7 Å². The number of methoxy groups -OCH3 is 1. The number of sulfonamides is 1. The topological polar surface area (TPSA) is 138 Å². The SMILES string of the molecule is COC(=O)NC(C(=O)NCc1ccc(C(CO)N(C(C)C)S(=O)(=O)c2ccc3scnc3c2)s1)C(c1ccccc1)c1ccccc1. The van der Waals surface area contributed by atoms with Crippen molar-refractivity contribution in [2.45, 2.75) is 49.3 Å². The molecular formula is C34H36N4O6S3. The van der Waals surface area contributed by atoms with Gasteiger partial charge in [0.05, 0.1) is 46.9 Å². The van der Waals surface area contributed by atoms with Crippen LogP contribution in [0.2, 0.25) is 0 Å². The molecule has 0 bridgehead atoms. The minimum Gasteiger partial charge on any atom is -0.453 e. The van der Waals surface area contributed by atoms with Crippen molar-refractivity contribution in [2.75, 3.05) is 13.7 Å². The minimum atomic E-state index is -4.01. The summed E-state index contributed by atoms with van der Waals surface area (Å²) in [5, 5.41) is 16.2. The molecule has 2 atom stereocenters. The largest absolute Gasteiger partial charge is 0.453 e. The summed E-state index contributed by atoms with van der Waals surface area (Å²) in [4.78, 5) is 32.0. The molecule has 0 saturated carbocycles. The number of thiazole rings is 1. The van der Waals surface area contributed by atoms with Crippen LogP contribution in [0.15, 0.2) is 101 Å². The highest BCUT2D eigenvalue weighted by molar-refractivity contribution is 7.89. The summed E-state index contributed by atoms with van der Waals surface area (Å²) in [6.45, 7) is 3.21. The fourth-order valence-electron chi connectivity index (χ4n) is 5.56. The van der Waals surface area contributed by atoms with Crippen LogP contribution in [-0.2, 0) is 26.1 Å². The molecule has 246 valence electrons. The first-order chi connectivity index (χ1) is 22.6. The van der Waals surface area contributed by atoms with Gasteiger partial charge in [-0.1, -0.05) is 60.7 Å². The number of aromatic nitrogens is 1. The standard InChI is InChI=1S/C34H36N4O6S3/c1-22(2)38(47(42,43)26-15-17-29-27(18-26)36-21-45-29)28(20-39)30-16-14-25(46-30)19-35-33(40)32(37-34(41)44-3)31(23-10-6-4-7-11-23)24-12-8-5-9-13-24/h4-18,21-22,28,31-32,39H,19-20H2,1-3H3,(H,35,40)(H,37,41). The number of benzene rings is 3. The van der Waals surface area contributed by atoms with Gasteiger partial charge in [-0.3, -0.25) is 4.79 Å². The Morgan fingerprint density at radius 3 is 2.21 bits per heavy atom. The second kappa shape index (κ2) is 15.2. The van der Waals surface area contributed by atoms with Crippen LogP contribution < -0.4 is 10.6 Å². The van der Waals surface area contributed by atoms with Gasteiger partial charge >= 0.3 is 6.09 Å². The van der Waals surface area contributed by atoms with E-state index in [0.717, 1.165) is 20.7 Å². The molecule has 0 aliphatic rings. The Labute approximate surface area is 282 Å². The van der Waals surface area contributed by atoms with E-state index in [1.165, 1.54) is 34.1 Å². The summed E-state index contributed by atoms with van der Waals surface area (Å²) in [6, 6.07) is 25.0. The number of carbonyl (C=O) groups is 2. The van der Waals surface area contributed by atoms with Crippen LogP contribution in [0.5, 0.6) is 0 Å². The normalized spacial score (nSPS) is 13.2. The molecular weight excluding hydrogens is 657 g/mol. The molecule has 0 spiro atoms. The zero-order valence-corrected chi connectivity index (χ0v) is 28.5. The zero-order valence-electron chi connectivity index (χ0n) is 26.1. The average Bonchev–Trinajstić information content (AvgIpc) is 3.76. The molecule has 5 aromatic rings. The lowest BCUT2D eigenvalue weighted by atomic mass is 9.84. The third-order valence-corrected chi connectivity index (χ3v) is 11.8. The van der Waals surface area contributed by atoms with Gasteiger partial charge < -0.3 is 20.5 Å². The third kappa shape index (κ3) is 7.71. The summed E-state index contributed by atoms with van der Waals surface area (Å²) >= 11 is 2.72. The van der Waals surface area contributed by atoms with Crippen molar-refractivity contribution in [2.24, 2.45) is 0 Å². The number of amides is 2. The second-order valence-electron chi connectivity index (χ2n) is 11.0. The maximum absolute atomic E-state index is 13.9. The zero-order chi connectivity index (χ0) is 33.6. The summed E-state index contributed by atoms with van der Waals surface area (Å²) in [6.07, 6.45) is -0.741. The van der Waals surface area contributed by atoms with E-state index in [4.69, 9.17) is 4.74 Å². The molecule has 3 aromatic carbocycles. The number of hydrogen-bond donors (Lipinski definition) is 3. The molecule has 0 aliphatic heterocycles. The van der Waals surface area contributed by atoms with Crippen molar-refractivity contribution < 1.29 is 27.9 Å². The number of nitrogens with one attached hydrogen (secondary N) is 2. The van der Waals surface area contributed by atoms with E-state index >= 15 is 0 Å². The van der Waals surface area contributed by atoms with Crippen molar-refractivity contribution in [3.63, 3.8) is 0 Å². The number of thiophene rings is 1. The van der Waals surface area contributed by atoms with E-state index in [1.54, 1.807) is 49.7 Å². The van der Waals surface area contributed by atoms with Crippen LogP contribution in [0.4, 0.5) is 4.79 Å². The fraction of sp³-hybridized carbons (Fsp3) is 0.265. The number of carbonyl (C=O) groups excluding carboxylic acids is 2. The molecule has 0 aliphatic carbocycles. The number of ether oxygens (including phenoxy) is 1. The van der Waals surface area contributed by atoms with Gasteiger partial charge in [-0.25, -0.2) is 18.2 Å². The summed E-state index contributed by atoms with van der Waals surface area (Å²) in [7, 11) is -2.77. The number of rotatable bonds is 13. The van der Waals surface area contributed by atoms with Gasteiger partial charge in [0.1, 0.15) is 6.04 Å². The Bertz CT molecular complexity index is 1870. The lowest BCUT2D eigenvalue weighted by Gasteiger charge is -2.32. The van der Waals surface area contributed by atoms with Crippen molar-refractivity contribution >= 4 is 54.9 Å². The molecule has 2 aromatic heterocycles. The van der Waals surface area contributed by atoms with E-state index < -0.39 is 52.7 Å². The molecule has 2 heterocycles. The molecule has 0 radical (unpaired) electrons. The summed E-state index contributed by atoms with van der Waals surface area (Å²) in [5.41, 5.74) is 3.93. The second-order valence-corrected chi connectivity index (χ2v) is 15.0. The highest BCUT2D eigenvalue weighted by Gasteiger charge is 2.36. The number of hydrogen-bond acceptors (Lipinski definition) is 9. The maximum atomic E-state index is 13.9. The molecule has 5 rings (SSSR count). The fourth-order valence-corrected chi connectivity index (χ4v) is 9.14. The number of nitrogens with zero attached hydrogens (tertiary/aromatic N) is 2. The summed E-state index contributed by atoms with van der Waals surface area (Å²) in [5.74, 6) is -0.937. The Morgan fingerprint density at radius 1 is 0.957 bits per heavy atom. The maximum Gasteiger partial charge on any atom is 0.407 e. The molecule has 13 heteroatoms. The monoisotopic (exact) mass is 692 g/mol. The number of fused-ring (bicyclic) bond motifs is 1. The number of aliphatic hydroxyl groups is 1. The van der Waals surface area contributed by atoms with E-state index in [0.29, 0.717) is 10.4 Å². The van der Waals surface area contributed by atoms with Crippen molar-refractivity contribution in [1.29, 1.82) is 0 Å². The number of aliphatic hydroxyl groups excluding tert-OH is 1. The van der Waals surface area contributed by atoms with Gasteiger partial charge in [-0.05, 0) is 55.3 Å². The number of alkyl carbamates (subject to hydrolysis) is 1. The first-order valence-electron chi connectivity index (χ1n) is 14.9. The molecule has 0 saturated heterocycles. The van der Waals surface area contributed by atoms with Gasteiger partial charge in [0.25, 0.3) is 0 Å². The molecule has 2 amide bonds. The van der Waals surface area contributed by atoms with Crippen LogP contribution in [0.25, 0.3) is 10.2 Å². The van der Waals surface area contributed by atoms with Gasteiger partial charge in [-0.2, -0.15) is 4.31 Å². The van der Waals surface area contributed by atoms with Crippen molar-refractivity contribution in [3.8, 4) is 0 Å². The smallest absolute Gasteiger partial charge is 0.407 e. The van der Waals surface area contributed by atoms with Crippen LogP contribution in [0.3, 0.4) is 0 Å². The lowest BCUT2D eigenvalue weighted by Crippen LogP contribution is -2.50. The van der Waals surface area contributed by atoms with Crippen LogP contribution in [-0.4, -0.2) is 60.6 Å². The van der Waals surface area contributed by atoms with E-state index in [2.05, 4.69) is 15.6 Å². The Balaban J connectivity index is 1.38. The molecule has 10 nitrogen and oxygen atoms in total. The van der Waals surface area contributed by atoms with Crippen LogP contribution in [0, 0.1) is 0 Å². The molecule has 2 unspecified atom stereocenters. The predicted octanol–water partition coefficient (Wildman–Crippen LogP) is 5.66. The quantitative estimate of drug-likeness (QED) is 0.145. The Hall–Kier alpha value is -4.14. The predicted molar refractivity (Wildman–Crippen MR) is 184 cm³/mol. The van der Waals surface area contributed by atoms with Gasteiger partial charge in [0.2, 0.25) is 15.9 Å². The van der Waals surface area contributed by atoms with E-state index in [9.17, 15) is 23.1 Å². The minimum absolute atomic E-state index is 0.0997. The van der Waals surface area contributed by atoms with Crippen LogP contribution in [0.1, 0.15) is 46.7 Å². The van der Waals surface area contributed by atoms with E-state index in [-0.39, 0.29) is 11.4 Å². The molecule has 3 N–H and O–H groups in total. The summed E-state index contributed by atoms with van der Waals surface area (Å²) < 4.78 is 34.9. The first-order valence-corrected chi connectivity index (χ1v) is 18.1. The highest BCUT2D eigenvalue weighted by Crippen LogP contribution is 2.35. The molecule has 0 fully saturated rings. The first kappa shape index (κ1) is 34.2. The van der Waals surface area contributed by atoms with Gasteiger partial charge in [0, 0.05) is 21.7 Å². The Morgan fingerprint density at radius 2 is 1.62 bits per heavy atom. The molecule has 47 heavy (non-hydrogen) atoms. The van der Waals surface area contributed by atoms with Crippen molar-refractivity contribution in [1.82, 2.24) is 19.9 Å². The Kier molecular flexibility index (Phi) is 11.0.